The largest absolute Gasteiger partial charge is 0.454 e. The molecule has 0 saturated carbocycles. The zero-order valence-electron chi connectivity index (χ0n) is 10.2. The molecule has 0 aliphatic carbocycles. The van der Waals surface area contributed by atoms with Gasteiger partial charge in [-0.1, -0.05) is 15.9 Å². The summed E-state index contributed by atoms with van der Waals surface area (Å²) in [6.07, 6.45) is 0. The van der Waals surface area contributed by atoms with E-state index >= 15 is 0 Å². The van der Waals surface area contributed by atoms with Crippen molar-refractivity contribution in [2.45, 2.75) is 25.9 Å². The van der Waals surface area contributed by atoms with E-state index in [1.54, 1.807) is 13.8 Å². The van der Waals surface area contributed by atoms with Gasteiger partial charge in [0.05, 0.1) is 5.54 Å². The highest BCUT2D eigenvalue weighted by molar-refractivity contribution is 9.10. The summed E-state index contributed by atoms with van der Waals surface area (Å²) in [4.78, 5) is 11.2. The first-order chi connectivity index (χ1) is 8.40. The number of halogens is 1. The number of ether oxygens (including phenoxy) is 2. The van der Waals surface area contributed by atoms with Crippen LogP contribution in [-0.2, 0) is 11.3 Å². The summed E-state index contributed by atoms with van der Waals surface area (Å²) in [6.45, 7) is 4.24. The molecule has 0 radical (unpaired) electrons. The van der Waals surface area contributed by atoms with Crippen molar-refractivity contribution >= 4 is 21.8 Å². The third-order valence-corrected chi connectivity index (χ3v) is 3.62. The number of nitrogens with two attached hydrogens (primary N) is 1. The Morgan fingerprint density at radius 3 is 2.67 bits per heavy atom. The van der Waals surface area contributed by atoms with Gasteiger partial charge in [0.2, 0.25) is 12.7 Å². The topological polar surface area (TPSA) is 73.6 Å². The first-order valence-corrected chi connectivity index (χ1v) is 6.32. The second kappa shape index (κ2) is 4.78. The third kappa shape index (κ3) is 2.59. The van der Waals surface area contributed by atoms with Gasteiger partial charge >= 0.3 is 0 Å². The Hall–Kier alpha value is -1.27. The highest BCUT2D eigenvalue weighted by Crippen LogP contribution is 2.36. The van der Waals surface area contributed by atoms with Crippen LogP contribution in [0.2, 0.25) is 0 Å². The van der Waals surface area contributed by atoms with Crippen molar-refractivity contribution in [2.24, 2.45) is 5.73 Å². The Labute approximate surface area is 114 Å². The van der Waals surface area contributed by atoms with Crippen molar-refractivity contribution in [3.05, 3.63) is 22.2 Å². The molecule has 1 heterocycles. The number of primary amides is 1. The lowest BCUT2D eigenvalue weighted by Gasteiger charge is -2.22. The minimum Gasteiger partial charge on any atom is -0.454 e. The van der Waals surface area contributed by atoms with Crippen molar-refractivity contribution in [2.75, 3.05) is 6.79 Å². The molecule has 1 aliphatic rings. The quantitative estimate of drug-likeness (QED) is 0.884. The van der Waals surface area contributed by atoms with Gasteiger partial charge in [-0.25, -0.2) is 0 Å². The van der Waals surface area contributed by atoms with Crippen LogP contribution in [0, 0.1) is 0 Å². The molecular weight excluding hydrogens is 300 g/mol. The van der Waals surface area contributed by atoms with Crippen LogP contribution in [0.25, 0.3) is 0 Å². The summed E-state index contributed by atoms with van der Waals surface area (Å²) >= 11 is 3.46. The van der Waals surface area contributed by atoms with Gasteiger partial charge in [-0.3, -0.25) is 10.1 Å². The molecule has 0 saturated heterocycles. The normalized spacial score (nSPS) is 13.7. The average Bonchev–Trinajstić information content (AvgIpc) is 2.72. The fraction of sp³-hybridized carbons (Fsp3) is 0.417. The summed E-state index contributed by atoms with van der Waals surface area (Å²) in [5, 5.41) is 3.11. The van der Waals surface area contributed by atoms with Crippen LogP contribution < -0.4 is 20.5 Å². The number of hydrogen-bond donors (Lipinski definition) is 2. The van der Waals surface area contributed by atoms with Gasteiger partial charge in [0.15, 0.2) is 11.5 Å². The molecule has 0 spiro atoms. The van der Waals surface area contributed by atoms with Crippen molar-refractivity contribution in [3.63, 3.8) is 0 Å². The third-order valence-electron chi connectivity index (χ3n) is 2.88. The fourth-order valence-electron chi connectivity index (χ4n) is 1.50. The van der Waals surface area contributed by atoms with Crippen LogP contribution in [0.15, 0.2) is 16.6 Å². The average molecular weight is 315 g/mol. The van der Waals surface area contributed by atoms with E-state index in [1.807, 2.05) is 12.1 Å². The number of fused-ring (bicyclic) bond motifs is 1. The number of hydrogen-bond acceptors (Lipinski definition) is 4. The van der Waals surface area contributed by atoms with Gasteiger partial charge in [-0.15, -0.1) is 0 Å². The molecule has 3 N–H and O–H groups in total. The van der Waals surface area contributed by atoms with Gasteiger partial charge in [-0.2, -0.15) is 0 Å². The van der Waals surface area contributed by atoms with Crippen molar-refractivity contribution in [1.29, 1.82) is 0 Å². The molecule has 18 heavy (non-hydrogen) atoms. The van der Waals surface area contributed by atoms with Gasteiger partial charge in [0.1, 0.15) is 0 Å². The number of carbonyl (C=O) groups excluding carboxylic acids is 1. The molecule has 1 aliphatic heterocycles. The second-order valence-corrected chi connectivity index (χ2v) is 5.49. The number of nitrogens with one attached hydrogen (secondary N) is 1. The van der Waals surface area contributed by atoms with Crippen LogP contribution >= 0.6 is 15.9 Å². The molecule has 0 atom stereocenters. The minimum absolute atomic E-state index is 0.242. The van der Waals surface area contributed by atoms with Crippen LogP contribution in [0.5, 0.6) is 11.5 Å². The van der Waals surface area contributed by atoms with E-state index in [0.29, 0.717) is 12.3 Å². The number of rotatable bonds is 4. The van der Waals surface area contributed by atoms with Crippen LogP contribution in [0.4, 0.5) is 0 Å². The highest BCUT2D eigenvalue weighted by atomic mass is 79.9. The molecule has 1 aromatic carbocycles. The maximum Gasteiger partial charge on any atom is 0.237 e. The Balaban J connectivity index is 2.13. The molecule has 98 valence electrons. The van der Waals surface area contributed by atoms with E-state index in [-0.39, 0.29) is 12.7 Å². The molecule has 6 heteroatoms. The van der Waals surface area contributed by atoms with Gasteiger partial charge in [-0.05, 0) is 31.5 Å². The molecule has 1 aromatic rings. The van der Waals surface area contributed by atoms with E-state index in [0.717, 1.165) is 15.8 Å². The summed E-state index contributed by atoms with van der Waals surface area (Å²) in [5.41, 5.74) is 5.53. The fourth-order valence-corrected chi connectivity index (χ4v) is 1.96. The van der Waals surface area contributed by atoms with E-state index in [2.05, 4.69) is 21.2 Å². The lowest BCUT2D eigenvalue weighted by molar-refractivity contribution is -0.123. The molecule has 0 fully saturated rings. The Kier molecular flexibility index (Phi) is 3.49. The smallest absolute Gasteiger partial charge is 0.237 e. The molecular formula is C12H15BrN2O3. The van der Waals surface area contributed by atoms with Gasteiger partial charge in [0.25, 0.3) is 0 Å². The summed E-state index contributed by atoms with van der Waals surface area (Å²) in [6, 6.07) is 3.74. The number of benzene rings is 1. The van der Waals surface area contributed by atoms with E-state index in [9.17, 15) is 4.79 Å². The first-order valence-electron chi connectivity index (χ1n) is 5.53. The highest BCUT2D eigenvalue weighted by Gasteiger charge is 2.24. The molecule has 0 unspecified atom stereocenters. The van der Waals surface area contributed by atoms with E-state index in [1.165, 1.54) is 0 Å². The van der Waals surface area contributed by atoms with Crippen molar-refractivity contribution in [1.82, 2.24) is 5.32 Å². The summed E-state index contributed by atoms with van der Waals surface area (Å²) < 4.78 is 11.5. The maximum absolute atomic E-state index is 11.2. The SMILES string of the molecule is CC(C)(NCc1cc2c(cc1Br)OCO2)C(N)=O. The number of carbonyl (C=O) groups is 1. The minimum atomic E-state index is -0.754. The second-order valence-electron chi connectivity index (χ2n) is 4.64. The summed E-state index contributed by atoms with van der Waals surface area (Å²) in [5.74, 6) is 1.05. The van der Waals surface area contributed by atoms with Crippen LogP contribution in [-0.4, -0.2) is 18.2 Å². The Morgan fingerprint density at radius 2 is 2.06 bits per heavy atom. The van der Waals surface area contributed by atoms with Crippen molar-refractivity contribution in [3.8, 4) is 11.5 Å². The maximum atomic E-state index is 11.2. The predicted molar refractivity (Wildman–Crippen MR) is 70.4 cm³/mol. The Bertz CT molecular complexity index is 488. The first kappa shape index (κ1) is 13.2. The van der Waals surface area contributed by atoms with E-state index in [4.69, 9.17) is 15.2 Å². The zero-order chi connectivity index (χ0) is 13.3. The molecule has 0 aromatic heterocycles. The predicted octanol–water partition coefficient (Wildman–Crippen LogP) is 1.53. The lowest BCUT2D eigenvalue weighted by Crippen LogP contribution is -2.50. The zero-order valence-corrected chi connectivity index (χ0v) is 11.8. The standard InChI is InChI=1S/C12H15BrN2O3/c1-12(2,11(14)16)15-5-7-3-9-10(4-8(7)13)18-6-17-9/h3-4,15H,5-6H2,1-2H3,(H2,14,16). The Morgan fingerprint density at radius 1 is 1.44 bits per heavy atom. The summed E-state index contributed by atoms with van der Waals surface area (Å²) in [7, 11) is 0. The number of amides is 1. The van der Waals surface area contributed by atoms with Crippen LogP contribution in [0.3, 0.4) is 0 Å². The monoisotopic (exact) mass is 314 g/mol. The molecule has 2 rings (SSSR count). The van der Waals surface area contributed by atoms with Crippen LogP contribution in [0.1, 0.15) is 19.4 Å². The van der Waals surface area contributed by atoms with E-state index < -0.39 is 5.54 Å². The van der Waals surface area contributed by atoms with Crippen molar-refractivity contribution < 1.29 is 14.3 Å². The lowest BCUT2D eigenvalue weighted by atomic mass is 10.0. The molecule has 5 nitrogen and oxygen atoms in total. The molecule has 1 amide bonds. The molecule has 0 bridgehead atoms. The van der Waals surface area contributed by atoms with Gasteiger partial charge < -0.3 is 15.2 Å². The van der Waals surface area contributed by atoms with Gasteiger partial charge in [0, 0.05) is 11.0 Å².